The molecule has 0 amide bonds. The van der Waals surface area contributed by atoms with Crippen molar-refractivity contribution in [1.29, 1.82) is 5.26 Å². The van der Waals surface area contributed by atoms with E-state index in [0.717, 1.165) is 31.4 Å². The molecule has 0 spiro atoms. The van der Waals surface area contributed by atoms with E-state index in [0.29, 0.717) is 29.5 Å². The second-order valence-electron chi connectivity index (χ2n) is 8.57. The Hall–Kier alpha value is -4.39. The van der Waals surface area contributed by atoms with Crippen LogP contribution in [0.15, 0.2) is 48.7 Å². The number of imidazole rings is 1. The van der Waals surface area contributed by atoms with Gasteiger partial charge in [-0.25, -0.2) is 18.7 Å². The van der Waals surface area contributed by atoms with E-state index in [4.69, 9.17) is 10.00 Å². The highest BCUT2D eigenvalue weighted by atomic mass is 19.3. The normalized spacial score (nSPS) is 13.7. The van der Waals surface area contributed by atoms with E-state index in [1.54, 1.807) is 36.4 Å². The number of fused-ring (bicyclic) bond motifs is 1. The van der Waals surface area contributed by atoms with Crippen molar-refractivity contribution in [2.45, 2.75) is 25.9 Å². The van der Waals surface area contributed by atoms with Crippen molar-refractivity contribution in [3.63, 3.8) is 0 Å². The van der Waals surface area contributed by atoms with Crippen LogP contribution < -0.4 is 9.47 Å². The number of halogens is 4. The molecule has 188 valence electrons. The molecular weight excluding hydrogens is 488 g/mol. The van der Waals surface area contributed by atoms with Crippen LogP contribution in [-0.2, 0) is 0 Å². The number of alkyl halides is 2. The van der Waals surface area contributed by atoms with Gasteiger partial charge in [0.1, 0.15) is 17.7 Å². The molecule has 10 heteroatoms. The van der Waals surface area contributed by atoms with Gasteiger partial charge in [-0.3, -0.25) is 4.57 Å². The summed E-state index contributed by atoms with van der Waals surface area (Å²) in [4.78, 5) is 8.68. The van der Waals surface area contributed by atoms with E-state index in [2.05, 4.69) is 14.7 Å². The standard InChI is InChI=1S/C27H20F4N4O2/c28-19-11-21-22(12-20(19)29)35(24-9-7-17(13-32)14-33-24)25(34-21)10-8-18-5-2-6-23(37-27(30)31)26(18)36-15-16-3-1-4-16/h2,5-12,14,16,27H,1,3-4,15H2. The SMILES string of the molecule is N#Cc1ccc(-n2c(C=Cc3cccc(OC(F)F)c3OCC3CCC3)nc3cc(F)c(F)cc32)nc1. The first-order valence-electron chi connectivity index (χ1n) is 11.6. The van der Waals surface area contributed by atoms with Crippen molar-refractivity contribution >= 4 is 23.2 Å². The zero-order valence-corrected chi connectivity index (χ0v) is 19.4. The van der Waals surface area contributed by atoms with Crippen molar-refractivity contribution in [2.24, 2.45) is 5.92 Å². The lowest BCUT2D eigenvalue weighted by Gasteiger charge is -2.26. The zero-order valence-electron chi connectivity index (χ0n) is 19.4. The fourth-order valence-electron chi connectivity index (χ4n) is 4.06. The van der Waals surface area contributed by atoms with Gasteiger partial charge in [-0.1, -0.05) is 18.6 Å². The number of hydrogen-bond acceptors (Lipinski definition) is 5. The molecule has 1 aliphatic carbocycles. The molecule has 4 aromatic rings. The number of hydrogen-bond donors (Lipinski definition) is 0. The average molecular weight is 508 g/mol. The van der Waals surface area contributed by atoms with Crippen molar-refractivity contribution in [3.8, 4) is 23.4 Å². The Morgan fingerprint density at radius 1 is 1.11 bits per heavy atom. The zero-order chi connectivity index (χ0) is 25.9. The molecule has 0 aliphatic heterocycles. The maximum atomic E-state index is 14.1. The monoisotopic (exact) mass is 508 g/mol. The Morgan fingerprint density at radius 2 is 1.92 bits per heavy atom. The van der Waals surface area contributed by atoms with Gasteiger partial charge >= 0.3 is 6.61 Å². The summed E-state index contributed by atoms with van der Waals surface area (Å²) < 4.78 is 66.2. The maximum absolute atomic E-state index is 14.1. The Balaban J connectivity index is 1.58. The molecule has 2 aromatic heterocycles. The molecule has 6 nitrogen and oxygen atoms in total. The van der Waals surface area contributed by atoms with E-state index in [1.165, 1.54) is 16.8 Å². The maximum Gasteiger partial charge on any atom is 0.387 e. The Morgan fingerprint density at radius 3 is 2.59 bits per heavy atom. The highest BCUT2D eigenvalue weighted by molar-refractivity contribution is 5.82. The molecular formula is C27H20F4N4O2. The average Bonchev–Trinajstić information content (AvgIpc) is 3.19. The molecule has 1 aliphatic rings. The molecule has 0 saturated heterocycles. The van der Waals surface area contributed by atoms with Gasteiger partial charge in [-0.05, 0) is 49.1 Å². The summed E-state index contributed by atoms with van der Waals surface area (Å²) in [5.74, 6) is -1.09. The van der Waals surface area contributed by atoms with Crippen LogP contribution in [-0.4, -0.2) is 27.8 Å². The summed E-state index contributed by atoms with van der Waals surface area (Å²) >= 11 is 0. The number of ether oxygens (including phenoxy) is 2. The van der Waals surface area contributed by atoms with Crippen LogP contribution in [0.1, 0.15) is 36.2 Å². The lowest BCUT2D eigenvalue weighted by atomic mass is 9.86. The van der Waals surface area contributed by atoms with Crippen LogP contribution in [0.3, 0.4) is 0 Å². The van der Waals surface area contributed by atoms with Gasteiger partial charge < -0.3 is 9.47 Å². The quantitative estimate of drug-likeness (QED) is 0.253. The lowest BCUT2D eigenvalue weighted by Crippen LogP contribution is -2.20. The van der Waals surface area contributed by atoms with Crippen molar-refractivity contribution in [3.05, 3.63) is 77.2 Å². The molecule has 37 heavy (non-hydrogen) atoms. The van der Waals surface area contributed by atoms with Crippen molar-refractivity contribution in [1.82, 2.24) is 14.5 Å². The van der Waals surface area contributed by atoms with Gasteiger partial charge in [0, 0.05) is 23.9 Å². The fourth-order valence-corrected chi connectivity index (χ4v) is 4.06. The number of aromatic nitrogens is 3. The summed E-state index contributed by atoms with van der Waals surface area (Å²) in [6.45, 7) is -2.65. The van der Waals surface area contributed by atoms with Crippen LogP contribution in [0.25, 0.3) is 29.0 Å². The van der Waals surface area contributed by atoms with Crippen molar-refractivity contribution < 1.29 is 27.0 Å². The van der Waals surface area contributed by atoms with E-state index in [9.17, 15) is 17.6 Å². The summed E-state index contributed by atoms with van der Waals surface area (Å²) in [6, 6.07) is 11.7. The van der Waals surface area contributed by atoms with Crippen LogP contribution in [0.5, 0.6) is 11.5 Å². The summed E-state index contributed by atoms with van der Waals surface area (Å²) in [7, 11) is 0. The topological polar surface area (TPSA) is 73.0 Å². The van der Waals surface area contributed by atoms with Crippen LogP contribution >= 0.6 is 0 Å². The van der Waals surface area contributed by atoms with Gasteiger partial charge in [-0.15, -0.1) is 0 Å². The van der Waals surface area contributed by atoms with E-state index in [-0.39, 0.29) is 28.4 Å². The minimum Gasteiger partial charge on any atom is -0.489 e. The van der Waals surface area contributed by atoms with Gasteiger partial charge in [0.2, 0.25) is 0 Å². The predicted octanol–water partition coefficient (Wildman–Crippen LogP) is 6.52. The molecule has 2 heterocycles. The van der Waals surface area contributed by atoms with E-state index < -0.39 is 18.2 Å². The molecule has 0 radical (unpaired) electrons. The first-order chi connectivity index (χ1) is 17.9. The molecule has 0 atom stereocenters. The number of benzene rings is 2. The Kier molecular flexibility index (Phi) is 6.77. The second kappa shape index (κ2) is 10.3. The Bertz CT molecular complexity index is 1510. The molecule has 1 fully saturated rings. The molecule has 1 saturated carbocycles. The van der Waals surface area contributed by atoms with Gasteiger partial charge in [0.25, 0.3) is 0 Å². The number of pyridine rings is 1. The highest BCUT2D eigenvalue weighted by Crippen LogP contribution is 2.36. The summed E-state index contributed by atoms with van der Waals surface area (Å²) in [6.07, 6.45) is 7.65. The van der Waals surface area contributed by atoms with Crippen LogP contribution in [0.2, 0.25) is 0 Å². The number of para-hydroxylation sites is 1. The highest BCUT2D eigenvalue weighted by Gasteiger charge is 2.21. The molecule has 5 rings (SSSR count). The third-order valence-electron chi connectivity index (χ3n) is 6.15. The second-order valence-corrected chi connectivity index (χ2v) is 8.57. The number of nitriles is 1. The minimum atomic E-state index is -3.03. The molecule has 0 N–H and O–H groups in total. The minimum absolute atomic E-state index is 0.0946. The molecule has 2 aromatic carbocycles. The van der Waals surface area contributed by atoms with Gasteiger partial charge in [0.15, 0.2) is 23.1 Å². The molecule has 0 bridgehead atoms. The summed E-state index contributed by atoms with van der Waals surface area (Å²) in [5, 5.41) is 9.08. The number of rotatable bonds is 8. The first-order valence-corrected chi connectivity index (χ1v) is 11.6. The Labute approximate surface area is 209 Å². The van der Waals surface area contributed by atoms with Crippen LogP contribution in [0, 0.1) is 28.9 Å². The van der Waals surface area contributed by atoms with E-state index in [1.807, 2.05) is 6.07 Å². The van der Waals surface area contributed by atoms with Gasteiger partial charge in [0.05, 0.1) is 23.2 Å². The third-order valence-corrected chi connectivity index (χ3v) is 6.15. The predicted molar refractivity (Wildman–Crippen MR) is 128 cm³/mol. The first kappa shape index (κ1) is 24.3. The van der Waals surface area contributed by atoms with E-state index >= 15 is 0 Å². The van der Waals surface area contributed by atoms with Crippen LogP contribution in [0.4, 0.5) is 17.6 Å². The number of nitrogens with zero attached hydrogens (tertiary/aromatic N) is 4. The van der Waals surface area contributed by atoms with Gasteiger partial charge in [-0.2, -0.15) is 14.0 Å². The smallest absolute Gasteiger partial charge is 0.387 e. The fraction of sp³-hybridized carbons (Fsp3) is 0.222. The largest absolute Gasteiger partial charge is 0.489 e. The third kappa shape index (κ3) is 5.11. The molecule has 0 unspecified atom stereocenters. The van der Waals surface area contributed by atoms with Crippen molar-refractivity contribution in [2.75, 3.05) is 6.61 Å². The lowest BCUT2D eigenvalue weighted by molar-refractivity contribution is -0.0517. The summed E-state index contributed by atoms with van der Waals surface area (Å²) in [5.41, 5.74) is 1.22.